The van der Waals surface area contributed by atoms with E-state index < -0.39 is 16.6 Å². The Morgan fingerprint density at radius 1 is 0.909 bits per heavy atom. The van der Waals surface area contributed by atoms with Crippen LogP contribution in [-0.2, 0) is 23.1 Å². The van der Waals surface area contributed by atoms with Crippen LogP contribution in [0, 0.1) is 5.92 Å². The lowest BCUT2D eigenvalue weighted by molar-refractivity contribution is 0.0348. The van der Waals surface area contributed by atoms with Crippen LogP contribution in [0.2, 0.25) is 38.8 Å². The fourth-order valence-electron chi connectivity index (χ4n) is 2.79. The Hall–Kier alpha value is 0.234. The summed E-state index contributed by atoms with van der Waals surface area (Å²) in [6.07, 6.45) is 0.648. The van der Waals surface area contributed by atoms with Gasteiger partial charge in [-0.15, -0.1) is 0 Å². The van der Waals surface area contributed by atoms with Crippen LogP contribution in [0.4, 0.5) is 0 Å². The van der Waals surface area contributed by atoms with Crippen LogP contribution in [0.3, 0.4) is 0 Å². The molecule has 0 spiro atoms. The summed E-state index contributed by atoms with van der Waals surface area (Å²) >= 11 is 0. The second-order valence-corrected chi connectivity index (χ2v) is 17.0. The van der Waals surface area contributed by atoms with Gasteiger partial charge in [-0.1, -0.05) is 0 Å². The third-order valence-corrected chi connectivity index (χ3v) is 9.70. The van der Waals surface area contributed by atoms with Crippen LogP contribution in [0.5, 0.6) is 0 Å². The van der Waals surface area contributed by atoms with E-state index in [0.717, 1.165) is 32.5 Å². The maximum absolute atomic E-state index is 6.45. The Morgan fingerprint density at radius 2 is 1.36 bits per heavy atom. The van der Waals surface area contributed by atoms with Crippen molar-refractivity contribution in [2.45, 2.75) is 51.0 Å². The highest BCUT2D eigenvalue weighted by molar-refractivity contribution is 6.84. The minimum atomic E-state index is -1.69. The number of rotatable bonds is 12. The molecule has 0 bridgehead atoms. The molecule has 2 unspecified atom stereocenters. The molecule has 0 aromatic rings. The van der Waals surface area contributed by atoms with Crippen LogP contribution in [0.25, 0.3) is 0 Å². The summed E-state index contributed by atoms with van der Waals surface area (Å²) in [4.78, 5) is 0. The number of hydrogen-bond acceptors (Lipinski definition) is 5. The normalized spacial score (nSPS) is 26.0. The minimum absolute atomic E-state index is 0.324. The van der Waals surface area contributed by atoms with Gasteiger partial charge in [-0.2, -0.15) is 0 Å². The number of epoxide rings is 2. The third kappa shape index (κ3) is 8.76. The summed E-state index contributed by atoms with van der Waals surface area (Å²) in [5, 5.41) is 0. The molecule has 7 heteroatoms. The SMILES string of the molecule is C[Si](C)(C)O[Si](C)(C)CC(COCC1CO1)COCC1CO1. The summed E-state index contributed by atoms with van der Waals surface area (Å²) in [7, 11) is -3.18. The Labute approximate surface area is 136 Å². The molecule has 2 heterocycles. The first-order chi connectivity index (χ1) is 10.2. The van der Waals surface area contributed by atoms with Crippen molar-refractivity contribution in [3.05, 3.63) is 0 Å². The van der Waals surface area contributed by atoms with Crippen LogP contribution in [0.1, 0.15) is 0 Å². The lowest BCUT2D eigenvalue weighted by atomic mass is 10.2. The van der Waals surface area contributed by atoms with Gasteiger partial charge in [0.05, 0.1) is 39.6 Å². The second-order valence-electron chi connectivity index (χ2n) is 8.03. The molecule has 2 rings (SSSR count). The highest BCUT2D eigenvalue weighted by atomic mass is 28.4. The first-order valence-electron chi connectivity index (χ1n) is 8.32. The lowest BCUT2D eigenvalue weighted by Gasteiger charge is -2.34. The average molecular weight is 349 g/mol. The van der Waals surface area contributed by atoms with Gasteiger partial charge in [-0.05, 0) is 38.8 Å². The second kappa shape index (κ2) is 7.87. The number of ether oxygens (including phenoxy) is 4. The monoisotopic (exact) mass is 348 g/mol. The molecule has 0 amide bonds. The summed E-state index contributed by atoms with van der Waals surface area (Å²) in [6.45, 7) is 16.0. The summed E-state index contributed by atoms with van der Waals surface area (Å²) in [5.74, 6) is 0.399. The predicted octanol–water partition coefficient (Wildman–Crippen LogP) is 2.49. The molecule has 2 aliphatic heterocycles. The maximum atomic E-state index is 6.45. The topological polar surface area (TPSA) is 52.8 Å². The van der Waals surface area contributed by atoms with E-state index in [9.17, 15) is 0 Å². The molecular weight excluding hydrogens is 316 g/mol. The van der Waals surface area contributed by atoms with Crippen molar-refractivity contribution in [2.75, 3.05) is 39.6 Å². The fraction of sp³-hybridized carbons (Fsp3) is 1.00. The van der Waals surface area contributed by atoms with Crippen molar-refractivity contribution in [3.8, 4) is 0 Å². The van der Waals surface area contributed by atoms with E-state index in [1.54, 1.807) is 0 Å². The predicted molar refractivity (Wildman–Crippen MR) is 91.3 cm³/mol. The zero-order valence-electron chi connectivity index (χ0n) is 14.7. The van der Waals surface area contributed by atoms with Crippen molar-refractivity contribution in [1.29, 1.82) is 0 Å². The minimum Gasteiger partial charge on any atom is -0.456 e. The Morgan fingerprint density at radius 3 is 1.73 bits per heavy atom. The smallest absolute Gasteiger partial charge is 0.173 e. The van der Waals surface area contributed by atoms with E-state index >= 15 is 0 Å². The standard InChI is InChI=1S/C15H32O5Si2/c1-21(2,3)20-22(4,5)12-13(6-16-8-14-10-18-14)7-17-9-15-11-19-15/h13-15H,6-12H2,1-5H3. The Balaban J connectivity index is 1.74. The van der Waals surface area contributed by atoms with Crippen LogP contribution < -0.4 is 0 Å². The van der Waals surface area contributed by atoms with Crippen LogP contribution in [0.15, 0.2) is 0 Å². The van der Waals surface area contributed by atoms with Gasteiger partial charge in [-0.25, -0.2) is 0 Å². The van der Waals surface area contributed by atoms with Gasteiger partial charge in [0.25, 0.3) is 0 Å². The van der Waals surface area contributed by atoms with E-state index in [1.165, 1.54) is 0 Å². The molecule has 0 aromatic carbocycles. The van der Waals surface area contributed by atoms with Crippen molar-refractivity contribution < 1.29 is 23.1 Å². The first-order valence-corrected chi connectivity index (χ1v) is 14.8. The first kappa shape index (κ1) is 18.6. The molecular formula is C15H32O5Si2. The van der Waals surface area contributed by atoms with Gasteiger partial charge in [-0.3, -0.25) is 0 Å². The highest BCUT2D eigenvalue weighted by Crippen LogP contribution is 2.24. The molecule has 0 radical (unpaired) electrons. The molecule has 5 nitrogen and oxygen atoms in total. The van der Waals surface area contributed by atoms with Crippen molar-refractivity contribution in [2.24, 2.45) is 5.92 Å². The molecule has 0 aliphatic carbocycles. The third-order valence-electron chi connectivity index (χ3n) is 3.48. The quantitative estimate of drug-likeness (QED) is 0.401. The van der Waals surface area contributed by atoms with Crippen LogP contribution in [-0.4, -0.2) is 68.5 Å². The van der Waals surface area contributed by atoms with E-state index in [1.807, 2.05) is 0 Å². The molecule has 0 N–H and O–H groups in total. The zero-order valence-corrected chi connectivity index (χ0v) is 16.7. The maximum Gasteiger partial charge on any atom is 0.173 e. The van der Waals surface area contributed by atoms with E-state index in [4.69, 9.17) is 23.1 Å². The van der Waals surface area contributed by atoms with Gasteiger partial charge >= 0.3 is 0 Å². The van der Waals surface area contributed by atoms with Gasteiger partial charge < -0.3 is 23.1 Å². The molecule has 22 heavy (non-hydrogen) atoms. The van der Waals surface area contributed by atoms with Crippen molar-refractivity contribution in [1.82, 2.24) is 0 Å². The van der Waals surface area contributed by atoms with E-state index in [2.05, 4.69) is 32.7 Å². The Bertz CT molecular complexity index is 319. The van der Waals surface area contributed by atoms with Gasteiger partial charge in [0.15, 0.2) is 16.6 Å². The average Bonchev–Trinajstić information content (AvgIpc) is 3.20. The molecule has 2 fully saturated rings. The summed E-state index contributed by atoms with van der Waals surface area (Å²) in [6, 6.07) is 1.08. The number of hydrogen-bond donors (Lipinski definition) is 0. The lowest BCUT2D eigenvalue weighted by Crippen LogP contribution is -2.44. The zero-order chi connectivity index (χ0) is 16.2. The van der Waals surface area contributed by atoms with E-state index in [0.29, 0.717) is 31.3 Å². The largest absolute Gasteiger partial charge is 0.456 e. The van der Waals surface area contributed by atoms with Crippen molar-refractivity contribution in [3.63, 3.8) is 0 Å². The van der Waals surface area contributed by atoms with Gasteiger partial charge in [0.2, 0.25) is 0 Å². The molecule has 2 aliphatic rings. The molecule has 2 atom stereocenters. The van der Waals surface area contributed by atoms with Crippen LogP contribution >= 0.6 is 0 Å². The van der Waals surface area contributed by atoms with Gasteiger partial charge in [0, 0.05) is 5.92 Å². The van der Waals surface area contributed by atoms with Gasteiger partial charge in [0.1, 0.15) is 12.2 Å². The molecule has 0 saturated carbocycles. The molecule has 2 saturated heterocycles. The fourth-order valence-corrected chi connectivity index (χ4v) is 11.4. The summed E-state index contributed by atoms with van der Waals surface area (Å²) in [5.41, 5.74) is 0. The molecule has 0 aromatic heterocycles. The highest BCUT2D eigenvalue weighted by Gasteiger charge is 2.33. The Kier molecular flexibility index (Phi) is 6.64. The summed E-state index contributed by atoms with van der Waals surface area (Å²) < 4.78 is 28.5. The van der Waals surface area contributed by atoms with Crippen molar-refractivity contribution >= 4 is 16.6 Å². The molecule has 130 valence electrons. The van der Waals surface area contributed by atoms with E-state index in [-0.39, 0.29) is 0 Å².